The van der Waals surface area contributed by atoms with Gasteiger partial charge in [-0.1, -0.05) is 165 Å². The standard InChI is InChI=1S/C50H32O/c1-29-14-13-21-33(28-29)41-35-23-12-11-22-34(35)40(30-15-5-2-6-16-30)46-36-24-26-38-45-39(27-25-37(44(36)45)47(41)46)49-43(32-19-9-4-10-20-32)50(51)42(48(38)49)31-17-7-3-8-18-31/h2-13,15-29H,14H2,1H3. The predicted molar refractivity (Wildman–Crippen MR) is 218 cm³/mol. The third kappa shape index (κ3) is 3.84. The van der Waals surface area contributed by atoms with Gasteiger partial charge in [0.25, 0.3) is 0 Å². The number of rotatable bonds is 4. The van der Waals surface area contributed by atoms with Crippen molar-refractivity contribution in [3.63, 3.8) is 0 Å². The molecule has 1 nitrogen and oxygen atoms in total. The van der Waals surface area contributed by atoms with Crippen LogP contribution in [0.1, 0.15) is 18.9 Å². The first-order chi connectivity index (χ1) is 25.2. The normalized spacial score (nSPS) is 15.0. The van der Waals surface area contributed by atoms with E-state index in [1.165, 1.54) is 65.4 Å². The summed E-state index contributed by atoms with van der Waals surface area (Å²) in [6, 6.07) is 49.7. The van der Waals surface area contributed by atoms with Gasteiger partial charge in [0, 0.05) is 22.3 Å². The maximum Gasteiger partial charge on any atom is 0.195 e. The van der Waals surface area contributed by atoms with E-state index in [0.717, 1.165) is 50.6 Å². The summed E-state index contributed by atoms with van der Waals surface area (Å²) in [5.74, 6) is 0.469. The van der Waals surface area contributed by atoms with Gasteiger partial charge in [-0.15, -0.1) is 0 Å². The molecular weight excluding hydrogens is 617 g/mol. The Morgan fingerprint density at radius 3 is 1.37 bits per heavy atom. The molecule has 1 heteroatoms. The Kier molecular flexibility index (Phi) is 5.92. The molecule has 238 valence electrons. The van der Waals surface area contributed by atoms with Gasteiger partial charge in [0.2, 0.25) is 0 Å². The van der Waals surface area contributed by atoms with Gasteiger partial charge in [0.05, 0.1) is 0 Å². The molecule has 0 saturated carbocycles. The molecule has 0 radical (unpaired) electrons. The van der Waals surface area contributed by atoms with E-state index in [-0.39, 0.29) is 5.43 Å². The van der Waals surface area contributed by atoms with Crippen molar-refractivity contribution in [3.05, 3.63) is 174 Å². The number of hydrogen-bond donors (Lipinski definition) is 0. The third-order valence-electron chi connectivity index (χ3n) is 11.4. The van der Waals surface area contributed by atoms with Gasteiger partial charge in [0.1, 0.15) is 0 Å². The Bertz CT molecular complexity index is 2970. The maximum absolute atomic E-state index is 14.6. The first kappa shape index (κ1) is 28.5. The SMILES string of the molecule is CC1C=C(c2c3ccccc3c(-c3ccccc3)c3c4ccc5c6c(-c7ccccc7)c(=O)c(-c7ccccc7)c-6c6ccc(c23)c4c65)C=CC1. The number of fused-ring (bicyclic) bond motifs is 7. The van der Waals surface area contributed by atoms with Crippen molar-refractivity contribution in [1.82, 2.24) is 0 Å². The molecule has 0 saturated heterocycles. The Morgan fingerprint density at radius 2 is 0.843 bits per heavy atom. The molecule has 1 unspecified atom stereocenters. The Balaban J connectivity index is 1.39. The molecule has 8 aromatic rings. The maximum atomic E-state index is 14.6. The quantitative estimate of drug-likeness (QED) is 0.186. The highest BCUT2D eigenvalue weighted by Gasteiger charge is 2.33. The fourth-order valence-electron chi connectivity index (χ4n) is 9.42. The van der Waals surface area contributed by atoms with Crippen LogP contribution < -0.4 is 5.43 Å². The fourth-order valence-corrected chi connectivity index (χ4v) is 9.42. The van der Waals surface area contributed by atoms with Gasteiger partial charge in [-0.2, -0.15) is 0 Å². The van der Waals surface area contributed by atoms with Crippen molar-refractivity contribution < 1.29 is 0 Å². The van der Waals surface area contributed by atoms with Crippen LogP contribution in [0.5, 0.6) is 0 Å². The minimum Gasteiger partial charge on any atom is -0.289 e. The van der Waals surface area contributed by atoms with E-state index in [9.17, 15) is 4.79 Å². The van der Waals surface area contributed by atoms with Crippen LogP contribution in [0.2, 0.25) is 0 Å². The molecule has 0 spiro atoms. The molecule has 0 N–H and O–H groups in total. The second kappa shape index (κ2) is 10.6. The highest BCUT2D eigenvalue weighted by molar-refractivity contribution is 6.44. The molecule has 3 aliphatic rings. The lowest BCUT2D eigenvalue weighted by atomic mass is 9.84. The summed E-state index contributed by atoms with van der Waals surface area (Å²) in [5.41, 5.74) is 10.9. The van der Waals surface area contributed by atoms with Crippen molar-refractivity contribution in [2.45, 2.75) is 13.3 Å². The molecule has 8 aromatic carbocycles. The smallest absolute Gasteiger partial charge is 0.195 e. The summed E-state index contributed by atoms with van der Waals surface area (Å²) in [5, 5.41) is 12.6. The second-order valence-electron chi connectivity index (χ2n) is 14.3. The van der Waals surface area contributed by atoms with Crippen molar-refractivity contribution in [3.8, 4) is 44.5 Å². The summed E-state index contributed by atoms with van der Waals surface area (Å²) in [6.07, 6.45) is 8.20. The van der Waals surface area contributed by atoms with Crippen LogP contribution in [0, 0.1) is 5.92 Å². The summed E-state index contributed by atoms with van der Waals surface area (Å²) < 4.78 is 0. The van der Waals surface area contributed by atoms with E-state index in [1.54, 1.807) is 0 Å². The van der Waals surface area contributed by atoms with Gasteiger partial charge < -0.3 is 0 Å². The molecule has 0 aromatic heterocycles. The monoisotopic (exact) mass is 648 g/mol. The molecule has 51 heavy (non-hydrogen) atoms. The lowest BCUT2D eigenvalue weighted by Crippen LogP contribution is -2.01. The lowest BCUT2D eigenvalue weighted by Gasteiger charge is -2.19. The van der Waals surface area contributed by atoms with Crippen molar-refractivity contribution >= 4 is 59.4 Å². The average Bonchev–Trinajstić information content (AvgIpc) is 3.79. The van der Waals surface area contributed by atoms with Gasteiger partial charge in [-0.3, -0.25) is 4.79 Å². The molecule has 0 bridgehead atoms. The van der Waals surface area contributed by atoms with E-state index in [4.69, 9.17) is 0 Å². The number of allylic oxidation sites excluding steroid dienone is 4. The minimum absolute atomic E-state index is 0.104. The van der Waals surface area contributed by atoms with Crippen LogP contribution >= 0.6 is 0 Å². The zero-order valence-corrected chi connectivity index (χ0v) is 28.2. The lowest BCUT2D eigenvalue weighted by molar-refractivity contribution is 0.740. The Labute approximate surface area is 295 Å². The topological polar surface area (TPSA) is 17.1 Å². The number of hydrogen-bond acceptors (Lipinski definition) is 1. The van der Waals surface area contributed by atoms with E-state index in [2.05, 4.69) is 128 Å². The molecule has 11 rings (SSSR count). The van der Waals surface area contributed by atoms with Crippen LogP contribution in [0.4, 0.5) is 0 Å². The van der Waals surface area contributed by atoms with Crippen LogP contribution in [0.15, 0.2) is 163 Å². The molecule has 1 atom stereocenters. The third-order valence-corrected chi connectivity index (χ3v) is 11.4. The summed E-state index contributed by atoms with van der Waals surface area (Å²) in [6.45, 7) is 2.32. The van der Waals surface area contributed by atoms with Crippen LogP contribution in [-0.4, -0.2) is 0 Å². The van der Waals surface area contributed by atoms with Crippen LogP contribution in [-0.2, 0) is 0 Å². The second-order valence-corrected chi connectivity index (χ2v) is 14.3. The van der Waals surface area contributed by atoms with Crippen molar-refractivity contribution in [2.75, 3.05) is 0 Å². The largest absolute Gasteiger partial charge is 0.289 e. The van der Waals surface area contributed by atoms with E-state index in [1.807, 2.05) is 36.4 Å². The van der Waals surface area contributed by atoms with E-state index in [0.29, 0.717) is 5.92 Å². The van der Waals surface area contributed by atoms with E-state index >= 15 is 0 Å². The molecule has 0 heterocycles. The Morgan fingerprint density at radius 1 is 0.412 bits per heavy atom. The van der Waals surface area contributed by atoms with Crippen molar-refractivity contribution in [2.24, 2.45) is 5.92 Å². The fraction of sp³-hybridized carbons (Fsp3) is 0.0600. The first-order valence-corrected chi connectivity index (χ1v) is 18.0. The number of benzene rings is 7. The predicted octanol–water partition coefficient (Wildman–Crippen LogP) is 13.2. The van der Waals surface area contributed by atoms with Crippen LogP contribution in [0.3, 0.4) is 0 Å². The van der Waals surface area contributed by atoms with Gasteiger partial charge in [0.15, 0.2) is 5.43 Å². The summed E-state index contributed by atoms with van der Waals surface area (Å²) >= 11 is 0. The average molecular weight is 649 g/mol. The zero-order chi connectivity index (χ0) is 33.8. The molecular formula is C50H32O. The van der Waals surface area contributed by atoms with Gasteiger partial charge in [-0.25, -0.2) is 0 Å². The van der Waals surface area contributed by atoms with E-state index < -0.39 is 0 Å². The molecule has 3 aliphatic carbocycles. The van der Waals surface area contributed by atoms with Gasteiger partial charge >= 0.3 is 0 Å². The Hall–Kier alpha value is -6.31. The minimum atomic E-state index is 0.104. The molecule has 0 fully saturated rings. The zero-order valence-electron chi connectivity index (χ0n) is 28.2. The first-order valence-electron chi connectivity index (χ1n) is 18.0. The van der Waals surface area contributed by atoms with Crippen LogP contribution in [0.25, 0.3) is 104 Å². The highest BCUT2D eigenvalue weighted by atomic mass is 16.1. The highest BCUT2D eigenvalue weighted by Crippen LogP contribution is 2.57. The summed E-state index contributed by atoms with van der Waals surface area (Å²) in [7, 11) is 0. The summed E-state index contributed by atoms with van der Waals surface area (Å²) in [4.78, 5) is 14.6. The van der Waals surface area contributed by atoms with Crippen molar-refractivity contribution in [1.29, 1.82) is 0 Å². The molecule has 0 aliphatic heterocycles. The molecule has 0 amide bonds. The van der Waals surface area contributed by atoms with Gasteiger partial charge in [-0.05, 0) is 99.6 Å².